The lowest BCUT2D eigenvalue weighted by Crippen LogP contribution is -1.95. The molecule has 0 fully saturated rings. The Labute approximate surface area is 48.5 Å². The summed E-state index contributed by atoms with van der Waals surface area (Å²) >= 11 is 0. The molecule has 0 spiro atoms. The summed E-state index contributed by atoms with van der Waals surface area (Å²) in [4.78, 5) is 9.44. The summed E-state index contributed by atoms with van der Waals surface area (Å²) in [5.41, 5.74) is 5.15. The van der Waals surface area contributed by atoms with Crippen molar-refractivity contribution in [3.8, 4) is 0 Å². The summed E-state index contributed by atoms with van der Waals surface area (Å²) in [7, 11) is 0. The highest BCUT2D eigenvalue weighted by Crippen LogP contribution is 1.78. The van der Waals surface area contributed by atoms with Crippen molar-refractivity contribution in [2.24, 2.45) is 10.9 Å². The second-order valence-corrected chi connectivity index (χ2v) is 1.36. The van der Waals surface area contributed by atoms with E-state index in [9.17, 15) is 4.91 Å². The van der Waals surface area contributed by atoms with E-state index in [2.05, 4.69) is 5.18 Å². The molecule has 0 unspecified atom stereocenters. The van der Waals surface area contributed by atoms with Crippen molar-refractivity contribution >= 4 is 0 Å². The number of nitrogens with zero attached hydrogens (tertiary/aromatic N) is 1. The number of rotatable bonds is 4. The first kappa shape index (κ1) is 7.30. The SMILES string of the molecule is NCC/C=C/CN=O. The average molecular weight is 114 g/mol. The number of hydrogen-bond donors (Lipinski definition) is 1. The maximum Gasteiger partial charge on any atom is 0.0992 e. The molecule has 2 N–H and O–H groups in total. The van der Waals surface area contributed by atoms with E-state index in [4.69, 9.17) is 5.73 Å². The molecule has 3 nitrogen and oxygen atoms in total. The van der Waals surface area contributed by atoms with Crippen LogP contribution in [0, 0.1) is 4.91 Å². The van der Waals surface area contributed by atoms with Crippen molar-refractivity contribution in [1.82, 2.24) is 0 Å². The maximum atomic E-state index is 9.44. The van der Waals surface area contributed by atoms with Crippen molar-refractivity contribution in [3.05, 3.63) is 17.1 Å². The van der Waals surface area contributed by atoms with Gasteiger partial charge in [0.25, 0.3) is 0 Å². The Morgan fingerprint density at radius 1 is 1.50 bits per heavy atom. The Morgan fingerprint density at radius 3 is 2.75 bits per heavy atom. The molecule has 0 rings (SSSR count). The minimum Gasteiger partial charge on any atom is -0.330 e. The van der Waals surface area contributed by atoms with Crippen LogP contribution < -0.4 is 5.73 Å². The minimum absolute atomic E-state index is 0.264. The first-order valence-electron chi connectivity index (χ1n) is 2.56. The van der Waals surface area contributed by atoms with Gasteiger partial charge in [0.2, 0.25) is 0 Å². The lowest BCUT2D eigenvalue weighted by Gasteiger charge is -1.79. The monoisotopic (exact) mass is 114 g/mol. The van der Waals surface area contributed by atoms with Crippen LogP contribution >= 0.6 is 0 Å². The van der Waals surface area contributed by atoms with Gasteiger partial charge in [0.15, 0.2) is 0 Å². The lowest BCUT2D eigenvalue weighted by molar-refractivity contribution is 1.00. The van der Waals surface area contributed by atoms with E-state index in [1.54, 1.807) is 6.08 Å². The molecule has 0 amide bonds. The number of nitroso groups, excluding NO2 is 1. The molecular formula is C5H10N2O. The summed E-state index contributed by atoms with van der Waals surface area (Å²) in [6.45, 7) is 0.898. The zero-order chi connectivity index (χ0) is 6.24. The number of hydrogen-bond acceptors (Lipinski definition) is 3. The van der Waals surface area contributed by atoms with Gasteiger partial charge in [-0.3, -0.25) is 0 Å². The third kappa shape index (κ3) is 5.30. The maximum absolute atomic E-state index is 9.44. The molecule has 0 saturated heterocycles. The summed E-state index contributed by atoms with van der Waals surface area (Å²) in [6, 6.07) is 0. The largest absolute Gasteiger partial charge is 0.330 e. The molecule has 0 atom stereocenters. The average Bonchev–Trinajstić information content (AvgIpc) is 1.81. The third-order valence-electron chi connectivity index (χ3n) is 0.680. The van der Waals surface area contributed by atoms with E-state index < -0.39 is 0 Å². The second-order valence-electron chi connectivity index (χ2n) is 1.36. The highest BCUT2D eigenvalue weighted by atomic mass is 16.3. The van der Waals surface area contributed by atoms with Gasteiger partial charge in [0.05, 0.1) is 6.54 Å². The summed E-state index contributed by atoms with van der Waals surface area (Å²) in [6.07, 6.45) is 4.39. The van der Waals surface area contributed by atoms with Crippen LogP contribution in [0.3, 0.4) is 0 Å². The van der Waals surface area contributed by atoms with Crippen LogP contribution in [0.1, 0.15) is 6.42 Å². The molecule has 46 valence electrons. The topological polar surface area (TPSA) is 55.4 Å². The van der Waals surface area contributed by atoms with Crippen LogP contribution in [0.2, 0.25) is 0 Å². The van der Waals surface area contributed by atoms with Crippen molar-refractivity contribution in [2.45, 2.75) is 6.42 Å². The molecule has 0 aliphatic rings. The fraction of sp³-hybridized carbons (Fsp3) is 0.600. The molecule has 0 saturated carbocycles. The smallest absolute Gasteiger partial charge is 0.0992 e. The van der Waals surface area contributed by atoms with Crippen LogP contribution in [0.15, 0.2) is 17.3 Å². The Balaban J connectivity index is 2.94. The molecule has 0 aliphatic heterocycles. The van der Waals surface area contributed by atoms with E-state index in [0.717, 1.165) is 6.42 Å². The fourth-order valence-corrected chi connectivity index (χ4v) is 0.332. The Kier molecular flexibility index (Phi) is 5.75. The molecular weight excluding hydrogens is 104 g/mol. The van der Waals surface area contributed by atoms with Crippen molar-refractivity contribution in [2.75, 3.05) is 13.1 Å². The van der Waals surface area contributed by atoms with Gasteiger partial charge in [-0.05, 0) is 13.0 Å². The van der Waals surface area contributed by atoms with Gasteiger partial charge in [-0.25, -0.2) is 0 Å². The van der Waals surface area contributed by atoms with E-state index in [1.807, 2.05) is 6.08 Å². The molecule has 8 heavy (non-hydrogen) atoms. The molecule has 0 heterocycles. The highest BCUT2D eigenvalue weighted by Gasteiger charge is 1.71. The van der Waals surface area contributed by atoms with Crippen molar-refractivity contribution in [3.63, 3.8) is 0 Å². The van der Waals surface area contributed by atoms with Gasteiger partial charge in [0.1, 0.15) is 0 Å². The predicted octanol–water partition coefficient (Wildman–Crippen LogP) is 0.658. The molecule has 0 aromatic rings. The summed E-state index contributed by atoms with van der Waals surface area (Å²) in [5.74, 6) is 0. The first-order valence-corrected chi connectivity index (χ1v) is 2.56. The van der Waals surface area contributed by atoms with Crippen LogP contribution in [0.5, 0.6) is 0 Å². The highest BCUT2D eigenvalue weighted by molar-refractivity contribution is 4.83. The molecule has 3 heteroatoms. The third-order valence-corrected chi connectivity index (χ3v) is 0.680. The fourth-order valence-electron chi connectivity index (χ4n) is 0.332. The number of nitrogens with two attached hydrogens (primary N) is 1. The van der Waals surface area contributed by atoms with E-state index in [1.165, 1.54) is 0 Å². The lowest BCUT2D eigenvalue weighted by atomic mass is 10.4. The van der Waals surface area contributed by atoms with Crippen LogP contribution in [0.25, 0.3) is 0 Å². The standard InChI is InChI=1S/C5H10N2O/c6-4-2-1-3-5-7-8/h1,3H,2,4-6H2/b3-1+. The van der Waals surface area contributed by atoms with Gasteiger partial charge < -0.3 is 5.73 Å². The zero-order valence-corrected chi connectivity index (χ0v) is 4.71. The molecule has 0 radical (unpaired) electrons. The zero-order valence-electron chi connectivity index (χ0n) is 4.71. The van der Waals surface area contributed by atoms with Crippen LogP contribution in [-0.4, -0.2) is 13.1 Å². The van der Waals surface area contributed by atoms with Gasteiger partial charge in [0, 0.05) is 0 Å². The van der Waals surface area contributed by atoms with Gasteiger partial charge in [-0.2, -0.15) is 4.91 Å². The Hall–Kier alpha value is -0.700. The summed E-state index contributed by atoms with van der Waals surface area (Å²) < 4.78 is 0. The van der Waals surface area contributed by atoms with Crippen LogP contribution in [-0.2, 0) is 0 Å². The predicted molar refractivity (Wildman–Crippen MR) is 33.5 cm³/mol. The van der Waals surface area contributed by atoms with Crippen LogP contribution in [0.4, 0.5) is 0 Å². The van der Waals surface area contributed by atoms with Gasteiger partial charge in [-0.15, -0.1) is 0 Å². The van der Waals surface area contributed by atoms with Gasteiger partial charge >= 0.3 is 0 Å². The van der Waals surface area contributed by atoms with E-state index in [0.29, 0.717) is 6.54 Å². The molecule has 0 bridgehead atoms. The van der Waals surface area contributed by atoms with Crippen molar-refractivity contribution in [1.29, 1.82) is 0 Å². The normalized spacial score (nSPS) is 10.1. The first-order chi connectivity index (χ1) is 3.91. The second kappa shape index (κ2) is 6.30. The Bertz CT molecular complexity index is 80.5. The van der Waals surface area contributed by atoms with E-state index >= 15 is 0 Å². The van der Waals surface area contributed by atoms with Gasteiger partial charge in [-0.1, -0.05) is 17.3 Å². The molecule has 0 aromatic heterocycles. The Morgan fingerprint density at radius 2 is 2.25 bits per heavy atom. The summed E-state index contributed by atoms with van der Waals surface area (Å²) in [5, 5.41) is 2.63. The molecule has 0 aliphatic carbocycles. The minimum atomic E-state index is 0.264. The molecule has 0 aromatic carbocycles. The van der Waals surface area contributed by atoms with Crippen molar-refractivity contribution < 1.29 is 0 Å². The van der Waals surface area contributed by atoms with E-state index in [-0.39, 0.29) is 6.54 Å². The quantitative estimate of drug-likeness (QED) is 0.431.